The molecule has 2 aliphatic rings. The van der Waals surface area contributed by atoms with Gasteiger partial charge >= 0.3 is 0 Å². The van der Waals surface area contributed by atoms with Crippen LogP contribution in [0.1, 0.15) is 30.7 Å². The predicted octanol–water partition coefficient (Wildman–Crippen LogP) is 3.85. The normalized spacial score (nSPS) is 22.8. The van der Waals surface area contributed by atoms with Crippen LogP contribution in [0.2, 0.25) is 0 Å². The van der Waals surface area contributed by atoms with Gasteiger partial charge < -0.3 is 10.0 Å². The average Bonchev–Trinajstić information content (AvgIpc) is 3.13. The zero-order chi connectivity index (χ0) is 16.4. The lowest BCUT2D eigenvalue weighted by molar-refractivity contribution is 0.162. The van der Waals surface area contributed by atoms with E-state index < -0.39 is 0 Å². The first-order chi connectivity index (χ1) is 11.8. The number of phenols is 1. The summed E-state index contributed by atoms with van der Waals surface area (Å²) in [7, 11) is 0. The van der Waals surface area contributed by atoms with Crippen LogP contribution >= 0.6 is 0 Å². The minimum atomic E-state index is 0.393. The Balaban J connectivity index is 1.33. The SMILES string of the molecule is Oc1cccc(C2CCN(C3CCN(c4ccccc4)C3)CC2)c1. The van der Waals surface area contributed by atoms with E-state index >= 15 is 0 Å². The molecule has 2 saturated heterocycles. The molecule has 0 saturated carbocycles. The summed E-state index contributed by atoms with van der Waals surface area (Å²) in [6.45, 7) is 4.67. The Kier molecular flexibility index (Phi) is 4.44. The van der Waals surface area contributed by atoms with Crippen LogP contribution in [0.5, 0.6) is 5.75 Å². The molecule has 0 aliphatic carbocycles. The summed E-state index contributed by atoms with van der Waals surface area (Å²) < 4.78 is 0. The minimum Gasteiger partial charge on any atom is -0.508 e. The number of aromatic hydroxyl groups is 1. The number of phenolic OH excluding ortho intramolecular Hbond substituents is 1. The van der Waals surface area contributed by atoms with Crippen LogP contribution in [0.4, 0.5) is 5.69 Å². The number of nitrogens with zero attached hydrogens (tertiary/aromatic N) is 2. The molecule has 2 fully saturated rings. The number of anilines is 1. The van der Waals surface area contributed by atoms with E-state index in [-0.39, 0.29) is 0 Å². The van der Waals surface area contributed by atoms with Crippen LogP contribution in [0.25, 0.3) is 0 Å². The maximum Gasteiger partial charge on any atom is 0.115 e. The molecule has 0 spiro atoms. The van der Waals surface area contributed by atoms with Crippen molar-refractivity contribution in [2.24, 2.45) is 0 Å². The standard InChI is InChI=1S/C21H26N2O/c24-21-8-4-5-18(15-21)17-9-12-22(13-10-17)20-11-14-23(16-20)19-6-2-1-3-7-19/h1-8,15,17,20,24H,9-14,16H2. The van der Waals surface area contributed by atoms with E-state index in [4.69, 9.17) is 0 Å². The first-order valence-corrected chi connectivity index (χ1v) is 9.12. The van der Waals surface area contributed by atoms with Crippen molar-refractivity contribution in [3.8, 4) is 5.75 Å². The minimum absolute atomic E-state index is 0.393. The Labute approximate surface area is 144 Å². The van der Waals surface area contributed by atoms with Crippen molar-refractivity contribution in [2.75, 3.05) is 31.1 Å². The van der Waals surface area contributed by atoms with Gasteiger partial charge in [0, 0.05) is 24.8 Å². The lowest BCUT2D eigenvalue weighted by atomic mass is 9.88. The number of likely N-dealkylation sites (tertiary alicyclic amines) is 1. The number of benzene rings is 2. The molecule has 0 aromatic heterocycles. The molecule has 1 atom stereocenters. The molecule has 2 heterocycles. The van der Waals surface area contributed by atoms with Crippen LogP contribution in [-0.2, 0) is 0 Å². The highest BCUT2D eigenvalue weighted by molar-refractivity contribution is 5.47. The Morgan fingerprint density at radius 3 is 2.38 bits per heavy atom. The Morgan fingerprint density at radius 1 is 0.833 bits per heavy atom. The highest BCUT2D eigenvalue weighted by Gasteiger charge is 2.31. The van der Waals surface area contributed by atoms with Gasteiger partial charge in [0.05, 0.1) is 0 Å². The van der Waals surface area contributed by atoms with Crippen molar-refractivity contribution >= 4 is 5.69 Å². The molecule has 2 aromatic carbocycles. The topological polar surface area (TPSA) is 26.7 Å². The highest BCUT2D eigenvalue weighted by Crippen LogP contribution is 2.32. The fourth-order valence-electron chi connectivity index (χ4n) is 4.29. The van der Waals surface area contributed by atoms with E-state index in [2.05, 4.69) is 46.2 Å². The molecule has 3 nitrogen and oxygen atoms in total. The largest absolute Gasteiger partial charge is 0.508 e. The lowest BCUT2D eigenvalue weighted by Gasteiger charge is -2.36. The summed E-state index contributed by atoms with van der Waals surface area (Å²) in [6.07, 6.45) is 3.67. The second kappa shape index (κ2) is 6.86. The molecule has 126 valence electrons. The molecule has 1 N–H and O–H groups in total. The van der Waals surface area contributed by atoms with Crippen LogP contribution < -0.4 is 4.90 Å². The van der Waals surface area contributed by atoms with Crippen LogP contribution in [0.3, 0.4) is 0 Å². The first kappa shape index (κ1) is 15.5. The van der Waals surface area contributed by atoms with E-state index in [0.29, 0.717) is 17.7 Å². The molecule has 3 heteroatoms. The van der Waals surface area contributed by atoms with E-state index in [1.54, 1.807) is 6.07 Å². The number of para-hydroxylation sites is 1. The molecule has 0 bridgehead atoms. The molecule has 4 rings (SSSR count). The van der Waals surface area contributed by atoms with Crippen LogP contribution in [0, 0.1) is 0 Å². The van der Waals surface area contributed by atoms with Crippen molar-refractivity contribution < 1.29 is 5.11 Å². The van der Waals surface area contributed by atoms with Crippen molar-refractivity contribution in [1.82, 2.24) is 4.90 Å². The van der Waals surface area contributed by atoms with Gasteiger partial charge in [0.1, 0.15) is 5.75 Å². The van der Waals surface area contributed by atoms with Gasteiger partial charge in [-0.05, 0) is 68.1 Å². The molecule has 1 unspecified atom stereocenters. The maximum atomic E-state index is 9.69. The molecule has 2 aliphatic heterocycles. The molecule has 2 aromatic rings. The fraction of sp³-hybridized carbons (Fsp3) is 0.429. The second-order valence-corrected chi connectivity index (χ2v) is 7.13. The molecular formula is C21H26N2O. The van der Waals surface area contributed by atoms with Crippen molar-refractivity contribution in [1.29, 1.82) is 0 Å². The number of hydrogen-bond acceptors (Lipinski definition) is 3. The highest BCUT2D eigenvalue weighted by atomic mass is 16.3. The molecular weight excluding hydrogens is 296 g/mol. The first-order valence-electron chi connectivity index (χ1n) is 9.12. The number of hydrogen-bond donors (Lipinski definition) is 1. The average molecular weight is 322 g/mol. The van der Waals surface area contributed by atoms with E-state index in [0.717, 1.165) is 6.54 Å². The van der Waals surface area contributed by atoms with Crippen molar-refractivity contribution in [2.45, 2.75) is 31.2 Å². The summed E-state index contributed by atoms with van der Waals surface area (Å²) in [4.78, 5) is 5.20. The summed E-state index contributed by atoms with van der Waals surface area (Å²) in [6, 6.07) is 19.3. The third kappa shape index (κ3) is 3.27. The lowest BCUT2D eigenvalue weighted by Crippen LogP contribution is -2.42. The zero-order valence-corrected chi connectivity index (χ0v) is 14.1. The third-order valence-corrected chi connectivity index (χ3v) is 5.67. The summed E-state index contributed by atoms with van der Waals surface area (Å²) in [5, 5.41) is 9.69. The Morgan fingerprint density at radius 2 is 1.62 bits per heavy atom. The number of piperidine rings is 1. The van der Waals surface area contributed by atoms with E-state index in [1.807, 2.05) is 12.1 Å². The monoisotopic (exact) mass is 322 g/mol. The van der Waals surface area contributed by atoms with Crippen LogP contribution in [0.15, 0.2) is 54.6 Å². The fourth-order valence-corrected chi connectivity index (χ4v) is 4.29. The third-order valence-electron chi connectivity index (χ3n) is 5.67. The maximum absolute atomic E-state index is 9.69. The van der Waals surface area contributed by atoms with Gasteiger partial charge in [0.2, 0.25) is 0 Å². The van der Waals surface area contributed by atoms with Gasteiger partial charge in [-0.15, -0.1) is 0 Å². The van der Waals surface area contributed by atoms with E-state index in [9.17, 15) is 5.11 Å². The summed E-state index contributed by atoms with van der Waals surface area (Å²) in [5.74, 6) is 0.990. The predicted molar refractivity (Wildman–Crippen MR) is 98.7 cm³/mol. The second-order valence-electron chi connectivity index (χ2n) is 7.13. The molecule has 0 amide bonds. The van der Waals surface area contributed by atoms with Gasteiger partial charge in [0.15, 0.2) is 0 Å². The Bertz CT molecular complexity index is 665. The van der Waals surface area contributed by atoms with Crippen LogP contribution in [-0.4, -0.2) is 42.2 Å². The smallest absolute Gasteiger partial charge is 0.115 e. The van der Waals surface area contributed by atoms with Gasteiger partial charge in [-0.2, -0.15) is 0 Å². The van der Waals surface area contributed by atoms with E-state index in [1.165, 1.54) is 50.1 Å². The van der Waals surface area contributed by atoms with Crippen molar-refractivity contribution in [3.05, 3.63) is 60.2 Å². The van der Waals surface area contributed by atoms with Gasteiger partial charge in [-0.3, -0.25) is 4.90 Å². The zero-order valence-electron chi connectivity index (χ0n) is 14.1. The Hall–Kier alpha value is -2.00. The van der Waals surface area contributed by atoms with Gasteiger partial charge in [-0.1, -0.05) is 30.3 Å². The summed E-state index contributed by atoms with van der Waals surface area (Å²) >= 11 is 0. The molecule has 0 radical (unpaired) electrons. The van der Waals surface area contributed by atoms with Gasteiger partial charge in [0.25, 0.3) is 0 Å². The van der Waals surface area contributed by atoms with Gasteiger partial charge in [-0.25, -0.2) is 0 Å². The summed E-state index contributed by atoms with van der Waals surface area (Å²) in [5.41, 5.74) is 2.65. The van der Waals surface area contributed by atoms with Crippen molar-refractivity contribution in [3.63, 3.8) is 0 Å². The molecule has 24 heavy (non-hydrogen) atoms. The number of rotatable bonds is 3. The quantitative estimate of drug-likeness (QED) is 0.930.